The number of hydrogen-bond acceptors (Lipinski definition) is 3. The van der Waals surface area contributed by atoms with E-state index in [0.29, 0.717) is 0 Å². The van der Waals surface area contributed by atoms with E-state index in [1.807, 2.05) is 0 Å². The zero-order valence-corrected chi connectivity index (χ0v) is 5.98. The van der Waals surface area contributed by atoms with Crippen molar-refractivity contribution in [2.24, 2.45) is 0 Å². The standard InChI is InChI=1S/C7H7NO3/c1-11-7(10)8-5-3-2-4-6(8)9/h2-5H,1H3. The first-order chi connectivity index (χ1) is 5.25. The Morgan fingerprint density at radius 3 is 2.82 bits per heavy atom. The number of pyridine rings is 1. The molecule has 0 unspecified atom stereocenters. The summed E-state index contributed by atoms with van der Waals surface area (Å²) < 4.78 is 5.23. The van der Waals surface area contributed by atoms with Gasteiger partial charge >= 0.3 is 6.09 Å². The SMILES string of the molecule is COC(=O)n1ccccc1=O. The van der Waals surface area contributed by atoms with Gasteiger partial charge in [-0.2, -0.15) is 0 Å². The third-order valence-electron chi connectivity index (χ3n) is 1.19. The van der Waals surface area contributed by atoms with E-state index >= 15 is 0 Å². The smallest absolute Gasteiger partial charge is 0.420 e. The molecule has 0 fully saturated rings. The lowest BCUT2D eigenvalue weighted by Crippen LogP contribution is -2.25. The zero-order valence-electron chi connectivity index (χ0n) is 5.98. The molecule has 0 atom stereocenters. The zero-order chi connectivity index (χ0) is 8.27. The third kappa shape index (κ3) is 1.46. The lowest BCUT2D eigenvalue weighted by atomic mass is 10.5. The molecule has 0 spiro atoms. The summed E-state index contributed by atoms with van der Waals surface area (Å²) in [6, 6.07) is 4.43. The normalized spacial score (nSPS) is 9.18. The highest BCUT2D eigenvalue weighted by atomic mass is 16.5. The summed E-state index contributed by atoms with van der Waals surface area (Å²) in [6.07, 6.45) is 0.685. The van der Waals surface area contributed by atoms with Crippen LogP contribution in [0.1, 0.15) is 0 Å². The van der Waals surface area contributed by atoms with Gasteiger partial charge in [-0.25, -0.2) is 9.36 Å². The summed E-state index contributed by atoms with van der Waals surface area (Å²) in [4.78, 5) is 21.7. The van der Waals surface area contributed by atoms with Crippen LogP contribution in [-0.4, -0.2) is 17.8 Å². The van der Waals surface area contributed by atoms with Crippen LogP contribution < -0.4 is 5.56 Å². The number of carbonyl (C=O) groups is 1. The minimum absolute atomic E-state index is 0.389. The molecule has 0 bridgehead atoms. The summed E-state index contributed by atoms with van der Waals surface area (Å²) in [5.41, 5.74) is -0.389. The number of aromatic nitrogens is 1. The average Bonchev–Trinajstić information content (AvgIpc) is 2.04. The maximum Gasteiger partial charge on any atom is 0.420 e. The second kappa shape index (κ2) is 3.01. The van der Waals surface area contributed by atoms with Gasteiger partial charge in [0.2, 0.25) is 0 Å². The molecule has 4 heteroatoms. The molecule has 0 aliphatic rings. The molecule has 0 saturated heterocycles. The van der Waals surface area contributed by atoms with Gasteiger partial charge in [-0.05, 0) is 6.07 Å². The van der Waals surface area contributed by atoms with Crippen molar-refractivity contribution in [2.75, 3.05) is 7.11 Å². The lowest BCUT2D eigenvalue weighted by Gasteiger charge is -1.99. The van der Waals surface area contributed by atoms with Gasteiger partial charge in [0.05, 0.1) is 7.11 Å². The van der Waals surface area contributed by atoms with Gasteiger partial charge in [0.1, 0.15) is 0 Å². The molecular formula is C7H7NO3. The third-order valence-corrected chi connectivity index (χ3v) is 1.19. The Hall–Kier alpha value is -1.58. The summed E-state index contributed by atoms with van der Waals surface area (Å²) >= 11 is 0. The number of ether oxygens (including phenoxy) is 1. The predicted molar refractivity (Wildman–Crippen MR) is 38.5 cm³/mol. The van der Waals surface area contributed by atoms with Crippen LogP contribution >= 0.6 is 0 Å². The average molecular weight is 153 g/mol. The molecule has 1 aromatic rings. The van der Waals surface area contributed by atoms with E-state index in [2.05, 4.69) is 4.74 Å². The Bertz CT molecular complexity index is 315. The predicted octanol–water partition coefficient (Wildman–Crippen LogP) is 0.463. The summed E-state index contributed by atoms with van der Waals surface area (Å²) in [7, 11) is 1.22. The Morgan fingerprint density at radius 1 is 1.55 bits per heavy atom. The van der Waals surface area contributed by atoms with Gasteiger partial charge in [-0.15, -0.1) is 0 Å². The fourth-order valence-corrected chi connectivity index (χ4v) is 0.677. The van der Waals surface area contributed by atoms with Crippen LogP contribution in [-0.2, 0) is 4.74 Å². The molecule has 11 heavy (non-hydrogen) atoms. The molecule has 0 aliphatic carbocycles. The number of methoxy groups -OCH3 is 1. The van der Waals surface area contributed by atoms with Gasteiger partial charge < -0.3 is 4.74 Å². The molecule has 0 aromatic carbocycles. The van der Waals surface area contributed by atoms with Crippen molar-refractivity contribution >= 4 is 6.09 Å². The first kappa shape index (κ1) is 7.53. The number of rotatable bonds is 0. The Labute approximate surface area is 63.0 Å². The topological polar surface area (TPSA) is 48.3 Å². The second-order valence-corrected chi connectivity index (χ2v) is 1.88. The molecule has 1 rings (SSSR count). The van der Waals surface area contributed by atoms with Crippen molar-refractivity contribution in [3.05, 3.63) is 34.7 Å². The summed E-state index contributed by atoms with van der Waals surface area (Å²) in [5.74, 6) is 0. The number of hydrogen-bond donors (Lipinski definition) is 0. The largest absolute Gasteiger partial charge is 0.452 e. The first-order valence-corrected chi connectivity index (χ1v) is 3.01. The van der Waals surface area contributed by atoms with Gasteiger partial charge in [-0.3, -0.25) is 4.79 Å². The van der Waals surface area contributed by atoms with Crippen LogP contribution in [0.15, 0.2) is 29.2 Å². The molecule has 58 valence electrons. The van der Waals surface area contributed by atoms with Gasteiger partial charge in [0.25, 0.3) is 5.56 Å². The molecule has 1 aromatic heterocycles. The summed E-state index contributed by atoms with van der Waals surface area (Å²) in [6.45, 7) is 0. The lowest BCUT2D eigenvalue weighted by molar-refractivity contribution is 0.172. The van der Waals surface area contributed by atoms with Crippen molar-refractivity contribution in [1.29, 1.82) is 0 Å². The fraction of sp³-hybridized carbons (Fsp3) is 0.143. The fourth-order valence-electron chi connectivity index (χ4n) is 0.677. The maximum atomic E-state index is 10.9. The minimum Gasteiger partial charge on any atom is -0.452 e. The molecule has 4 nitrogen and oxygen atoms in total. The van der Waals surface area contributed by atoms with Gasteiger partial charge in [0.15, 0.2) is 0 Å². The first-order valence-electron chi connectivity index (χ1n) is 3.01. The highest BCUT2D eigenvalue weighted by Crippen LogP contribution is 1.83. The van der Waals surface area contributed by atoms with Crippen LogP contribution in [0.5, 0.6) is 0 Å². The molecule has 0 radical (unpaired) electrons. The molecular weight excluding hydrogens is 146 g/mol. The van der Waals surface area contributed by atoms with E-state index in [0.717, 1.165) is 4.57 Å². The Kier molecular flexibility index (Phi) is 2.06. The molecule has 0 aliphatic heterocycles. The van der Waals surface area contributed by atoms with Crippen molar-refractivity contribution in [3.8, 4) is 0 Å². The Morgan fingerprint density at radius 2 is 2.27 bits per heavy atom. The molecule has 0 amide bonds. The van der Waals surface area contributed by atoms with Crippen LogP contribution in [0.25, 0.3) is 0 Å². The number of carbonyl (C=O) groups excluding carboxylic acids is 1. The van der Waals surface area contributed by atoms with Crippen molar-refractivity contribution < 1.29 is 9.53 Å². The maximum absolute atomic E-state index is 10.9. The molecule has 0 N–H and O–H groups in total. The Balaban J connectivity index is 3.14. The van der Waals surface area contributed by atoms with E-state index in [-0.39, 0.29) is 5.56 Å². The quantitative estimate of drug-likeness (QED) is 0.544. The number of nitrogens with zero attached hydrogens (tertiary/aromatic N) is 1. The molecule has 1 heterocycles. The van der Waals surface area contributed by atoms with Crippen LogP contribution in [0, 0.1) is 0 Å². The van der Waals surface area contributed by atoms with E-state index in [4.69, 9.17) is 0 Å². The van der Waals surface area contributed by atoms with E-state index < -0.39 is 6.09 Å². The van der Waals surface area contributed by atoms with E-state index in [1.54, 1.807) is 12.1 Å². The minimum atomic E-state index is -0.671. The monoisotopic (exact) mass is 153 g/mol. The van der Waals surface area contributed by atoms with Crippen LogP contribution in [0.3, 0.4) is 0 Å². The van der Waals surface area contributed by atoms with Crippen molar-refractivity contribution in [1.82, 2.24) is 4.57 Å². The molecule has 0 saturated carbocycles. The van der Waals surface area contributed by atoms with Crippen molar-refractivity contribution in [2.45, 2.75) is 0 Å². The van der Waals surface area contributed by atoms with Crippen molar-refractivity contribution in [3.63, 3.8) is 0 Å². The van der Waals surface area contributed by atoms with Gasteiger partial charge in [0, 0.05) is 12.3 Å². The van der Waals surface area contributed by atoms with Gasteiger partial charge in [-0.1, -0.05) is 6.07 Å². The van der Waals surface area contributed by atoms with E-state index in [9.17, 15) is 9.59 Å². The van der Waals surface area contributed by atoms with Crippen LogP contribution in [0.4, 0.5) is 4.79 Å². The van der Waals surface area contributed by atoms with Crippen LogP contribution in [0.2, 0.25) is 0 Å². The van der Waals surface area contributed by atoms with E-state index in [1.165, 1.54) is 19.4 Å². The highest BCUT2D eigenvalue weighted by molar-refractivity contribution is 5.69. The second-order valence-electron chi connectivity index (χ2n) is 1.88. The summed E-state index contributed by atoms with van der Waals surface area (Å²) in [5, 5.41) is 0. The highest BCUT2D eigenvalue weighted by Gasteiger charge is 2.02.